The smallest absolute Gasteiger partial charge is 0.271 e. The molecule has 0 saturated carbocycles. The van der Waals surface area contributed by atoms with Crippen LogP contribution < -0.4 is 4.90 Å². The average Bonchev–Trinajstić information content (AvgIpc) is 2.77. The monoisotopic (exact) mass is 364 g/mol. The molecule has 1 aliphatic rings. The number of hydrogen-bond acceptors (Lipinski definition) is 4. The van der Waals surface area contributed by atoms with Crippen molar-refractivity contribution in [2.75, 3.05) is 4.90 Å². The summed E-state index contributed by atoms with van der Waals surface area (Å²) in [6, 6.07) is 11.3. The molecule has 7 heteroatoms. The van der Waals surface area contributed by atoms with E-state index >= 15 is 0 Å². The Kier molecular flexibility index (Phi) is 4.35. The lowest BCUT2D eigenvalue weighted by Crippen LogP contribution is -2.28. The highest BCUT2D eigenvalue weighted by molar-refractivity contribution is 8.19. The summed E-state index contributed by atoms with van der Waals surface area (Å²) < 4.78 is 0. The Hall–Kier alpha value is -1.95. The normalized spacial score (nSPS) is 16.4. The van der Waals surface area contributed by atoms with Crippen LogP contribution in [0.15, 0.2) is 47.4 Å². The molecule has 2 aromatic carbocycles. The SMILES string of the molecule is N=C1S/C(=C\c2cccc(O)c2)C(=O)N1c1ccc(Cl)c(Cl)c1. The minimum Gasteiger partial charge on any atom is -0.508 e. The van der Waals surface area contributed by atoms with Gasteiger partial charge in [0.05, 0.1) is 20.6 Å². The number of nitrogens with one attached hydrogen (secondary N) is 1. The highest BCUT2D eigenvalue weighted by Crippen LogP contribution is 2.37. The fraction of sp³-hybridized carbons (Fsp3) is 0. The molecule has 116 valence electrons. The van der Waals surface area contributed by atoms with E-state index in [2.05, 4.69) is 0 Å². The summed E-state index contributed by atoms with van der Waals surface area (Å²) in [7, 11) is 0. The average molecular weight is 365 g/mol. The zero-order valence-corrected chi connectivity index (χ0v) is 13.9. The Morgan fingerprint density at radius 3 is 2.61 bits per heavy atom. The van der Waals surface area contributed by atoms with Crippen LogP contribution in [0.2, 0.25) is 10.0 Å². The molecule has 0 aliphatic carbocycles. The standard InChI is InChI=1S/C16H10Cl2N2O2S/c17-12-5-4-10(8-13(12)18)20-15(22)14(23-16(20)19)7-9-2-1-3-11(21)6-9/h1-8,19,21H/b14-7-,19-16?. The summed E-state index contributed by atoms with van der Waals surface area (Å²) in [6.45, 7) is 0. The molecule has 0 unspecified atom stereocenters. The fourth-order valence-electron chi connectivity index (χ4n) is 2.11. The van der Waals surface area contributed by atoms with E-state index in [1.54, 1.807) is 48.5 Å². The van der Waals surface area contributed by atoms with Gasteiger partial charge in [0.15, 0.2) is 5.17 Å². The largest absolute Gasteiger partial charge is 0.508 e. The highest BCUT2D eigenvalue weighted by atomic mass is 35.5. The Balaban J connectivity index is 1.95. The number of amidine groups is 1. The third-order valence-corrected chi connectivity index (χ3v) is 4.78. The molecule has 1 fully saturated rings. The van der Waals surface area contributed by atoms with Crippen LogP contribution in [0.25, 0.3) is 6.08 Å². The van der Waals surface area contributed by atoms with Gasteiger partial charge in [0.25, 0.3) is 5.91 Å². The molecule has 2 aromatic rings. The number of hydrogen-bond donors (Lipinski definition) is 2. The van der Waals surface area contributed by atoms with Crippen molar-refractivity contribution in [2.45, 2.75) is 0 Å². The maximum Gasteiger partial charge on any atom is 0.271 e. The van der Waals surface area contributed by atoms with Crippen LogP contribution in [0.1, 0.15) is 5.56 Å². The maximum absolute atomic E-state index is 12.6. The Labute approximate surface area is 146 Å². The third kappa shape index (κ3) is 3.22. The molecule has 23 heavy (non-hydrogen) atoms. The van der Waals surface area contributed by atoms with Gasteiger partial charge < -0.3 is 5.11 Å². The van der Waals surface area contributed by atoms with E-state index in [0.29, 0.717) is 26.2 Å². The van der Waals surface area contributed by atoms with E-state index in [9.17, 15) is 9.90 Å². The van der Waals surface area contributed by atoms with Crippen LogP contribution in [-0.2, 0) is 4.79 Å². The van der Waals surface area contributed by atoms with Gasteiger partial charge in [-0.25, -0.2) is 0 Å². The van der Waals surface area contributed by atoms with Crippen molar-refractivity contribution in [2.24, 2.45) is 0 Å². The van der Waals surface area contributed by atoms with Crippen LogP contribution in [0.4, 0.5) is 5.69 Å². The van der Waals surface area contributed by atoms with Crippen LogP contribution in [-0.4, -0.2) is 16.2 Å². The van der Waals surface area contributed by atoms with E-state index in [1.807, 2.05) is 0 Å². The minimum absolute atomic E-state index is 0.0831. The Morgan fingerprint density at radius 1 is 1.13 bits per heavy atom. The zero-order valence-electron chi connectivity index (χ0n) is 11.6. The van der Waals surface area contributed by atoms with Gasteiger partial charge in [-0.1, -0.05) is 35.3 Å². The van der Waals surface area contributed by atoms with Crippen molar-refractivity contribution >= 4 is 57.8 Å². The first kappa shape index (κ1) is 15.9. The lowest BCUT2D eigenvalue weighted by atomic mass is 10.2. The van der Waals surface area contributed by atoms with Gasteiger partial charge in [-0.2, -0.15) is 0 Å². The topological polar surface area (TPSA) is 64.4 Å². The van der Waals surface area contributed by atoms with Crippen molar-refractivity contribution in [3.05, 3.63) is 63.0 Å². The summed E-state index contributed by atoms with van der Waals surface area (Å²) in [5, 5.41) is 18.3. The van der Waals surface area contributed by atoms with Gasteiger partial charge in [-0.05, 0) is 53.7 Å². The number of thioether (sulfide) groups is 1. The number of phenolic OH excluding ortho intramolecular Hbond substituents is 1. The maximum atomic E-state index is 12.6. The summed E-state index contributed by atoms with van der Waals surface area (Å²) in [6.07, 6.45) is 1.64. The van der Waals surface area contributed by atoms with Gasteiger partial charge in [0.1, 0.15) is 5.75 Å². The Bertz CT molecular complexity index is 852. The number of carbonyl (C=O) groups excluding carboxylic acids is 1. The number of nitrogens with zero attached hydrogens (tertiary/aromatic N) is 1. The molecule has 0 bridgehead atoms. The van der Waals surface area contributed by atoms with E-state index in [0.717, 1.165) is 11.8 Å². The lowest BCUT2D eigenvalue weighted by Gasteiger charge is -2.14. The van der Waals surface area contributed by atoms with Crippen molar-refractivity contribution in [1.29, 1.82) is 5.41 Å². The zero-order chi connectivity index (χ0) is 16.6. The second-order valence-electron chi connectivity index (χ2n) is 4.75. The number of carbonyl (C=O) groups is 1. The first-order chi connectivity index (χ1) is 11.0. The number of amides is 1. The van der Waals surface area contributed by atoms with E-state index < -0.39 is 0 Å². The third-order valence-electron chi connectivity index (χ3n) is 3.15. The molecule has 1 heterocycles. The highest BCUT2D eigenvalue weighted by Gasteiger charge is 2.33. The first-order valence-electron chi connectivity index (χ1n) is 6.52. The molecule has 1 aliphatic heterocycles. The van der Waals surface area contributed by atoms with Crippen molar-refractivity contribution in [1.82, 2.24) is 0 Å². The summed E-state index contributed by atoms with van der Waals surface area (Å²) in [4.78, 5) is 14.2. The molecule has 1 amide bonds. The number of halogens is 2. The van der Waals surface area contributed by atoms with Gasteiger partial charge in [-0.3, -0.25) is 15.1 Å². The predicted molar refractivity (Wildman–Crippen MR) is 95.3 cm³/mol. The quantitative estimate of drug-likeness (QED) is 0.755. The van der Waals surface area contributed by atoms with Gasteiger partial charge >= 0.3 is 0 Å². The second kappa shape index (κ2) is 6.28. The van der Waals surface area contributed by atoms with Gasteiger partial charge in [-0.15, -0.1) is 0 Å². The predicted octanol–water partition coefficient (Wildman–Crippen LogP) is 4.75. The van der Waals surface area contributed by atoms with Crippen LogP contribution >= 0.6 is 35.0 Å². The molecule has 2 N–H and O–H groups in total. The number of aromatic hydroxyl groups is 1. The van der Waals surface area contributed by atoms with Crippen LogP contribution in [0.5, 0.6) is 5.75 Å². The van der Waals surface area contributed by atoms with E-state index in [1.165, 1.54) is 4.90 Å². The molecule has 0 spiro atoms. The summed E-state index contributed by atoms with van der Waals surface area (Å²) >= 11 is 12.9. The van der Waals surface area contributed by atoms with Crippen molar-refractivity contribution in [3.63, 3.8) is 0 Å². The molecular formula is C16H10Cl2N2O2S. The fourth-order valence-corrected chi connectivity index (χ4v) is 3.27. The molecule has 0 radical (unpaired) electrons. The lowest BCUT2D eigenvalue weighted by molar-refractivity contribution is -0.113. The number of rotatable bonds is 2. The second-order valence-corrected chi connectivity index (χ2v) is 6.59. The van der Waals surface area contributed by atoms with Crippen LogP contribution in [0.3, 0.4) is 0 Å². The van der Waals surface area contributed by atoms with Crippen molar-refractivity contribution < 1.29 is 9.90 Å². The Morgan fingerprint density at radius 2 is 1.91 bits per heavy atom. The van der Waals surface area contributed by atoms with Crippen molar-refractivity contribution in [3.8, 4) is 5.75 Å². The number of phenols is 1. The minimum atomic E-state index is -0.318. The summed E-state index contributed by atoms with van der Waals surface area (Å²) in [5.41, 5.74) is 1.17. The number of anilines is 1. The van der Waals surface area contributed by atoms with Gasteiger partial charge in [0.2, 0.25) is 0 Å². The van der Waals surface area contributed by atoms with E-state index in [4.69, 9.17) is 28.6 Å². The molecule has 0 atom stereocenters. The molecular weight excluding hydrogens is 355 g/mol. The molecule has 1 saturated heterocycles. The molecule has 4 nitrogen and oxygen atoms in total. The molecule has 0 aromatic heterocycles. The van der Waals surface area contributed by atoms with Crippen LogP contribution in [0, 0.1) is 5.41 Å². The first-order valence-corrected chi connectivity index (χ1v) is 8.09. The van der Waals surface area contributed by atoms with Gasteiger partial charge in [0, 0.05) is 0 Å². The summed E-state index contributed by atoms with van der Waals surface area (Å²) in [5.74, 6) is -0.201. The molecule has 3 rings (SSSR count). The van der Waals surface area contributed by atoms with E-state index in [-0.39, 0.29) is 16.8 Å². The number of benzene rings is 2.